The summed E-state index contributed by atoms with van der Waals surface area (Å²) in [5.74, 6) is -2.54. The third-order valence-electron chi connectivity index (χ3n) is 2.01. The zero-order valence-electron chi connectivity index (χ0n) is 8.26. The Kier molecular flexibility index (Phi) is 5.15. The van der Waals surface area contributed by atoms with Gasteiger partial charge in [-0.15, -0.1) is 12.4 Å². The van der Waals surface area contributed by atoms with Crippen LogP contribution in [0.25, 0.3) is 0 Å². The smallest absolute Gasteiger partial charge is 0.416 e. The van der Waals surface area contributed by atoms with Crippen molar-refractivity contribution < 1.29 is 27.1 Å². The fraction of sp³-hybridized carbons (Fsp3) is 0.333. The van der Waals surface area contributed by atoms with Gasteiger partial charge in [-0.25, -0.2) is 8.78 Å². The third kappa shape index (κ3) is 3.19. The number of phenols is 1. The Morgan fingerprint density at radius 2 is 1.82 bits per heavy atom. The van der Waals surface area contributed by atoms with Gasteiger partial charge in [0.25, 0.3) is 0 Å². The average molecular weight is 278 g/mol. The van der Waals surface area contributed by atoms with Crippen LogP contribution < -0.4 is 5.73 Å². The summed E-state index contributed by atoms with van der Waals surface area (Å²) in [6.45, 7) is -1.33. The van der Waals surface area contributed by atoms with E-state index in [4.69, 9.17) is 10.8 Å². The van der Waals surface area contributed by atoms with Crippen molar-refractivity contribution in [2.75, 3.05) is 6.67 Å². The monoisotopic (exact) mass is 277 g/mol. The number of hydrogen-bond donors (Lipinski definition) is 2. The van der Waals surface area contributed by atoms with Crippen molar-refractivity contribution in [3.05, 3.63) is 29.1 Å². The number of rotatable bonds is 2. The predicted octanol–water partition coefficient (Wildman–Crippen LogP) is 2.94. The highest BCUT2D eigenvalue weighted by Gasteiger charge is 2.37. The van der Waals surface area contributed by atoms with Gasteiger partial charge in [-0.1, -0.05) is 0 Å². The van der Waals surface area contributed by atoms with E-state index in [-0.39, 0.29) is 12.4 Å². The van der Waals surface area contributed by atoms with Gasteiger partial charge in [-0.3, -0.25) is 0 Å². The zero-order chi connectivity index (χ0) is 12.5. The molecule has 8 heteroatoms. The SMILES string of the molecule is Cl.N[C@@H](CF)c1c(C(F)(F)F)ccc(F)c1O. The first kappa shape index (κ1) is 15.9. The molecule has 0 fully saturated rings. The molecule has 0 aliphatic carbocycles. The van der Waals surface area contributed by atoms with E-state index in [2.05, 4.69) is 0 Å². The molecule has 2 nitrogen and oxygen atoms in total. The summed E-state index contributed by atoms with van der Waals surface area (Å²) in [6, 6.07) is -0.848. The van der Waals surface area contributed by atoms with Gasteiger partial charge in [-0.2, -0.15) is 13.2 Å². The minimum atomic E-state index is -4.83. The molecule has 0 amide bonds. The highest BCUT2D eigenvalue weighted by atomic mass is 35.5. The van der Waals surface area contributed by atoms with Crippen molar-refractivity contribution in [1.29, 1.82) is 0 Å². The van der Waals surface area contributed by atoms with Crippen molar-refractivity contribution in [1.82, 2.24) is 0 Å². The number of hydrogen-bond acceptors (Lipinski definition) is 2. The van der Waals surface area contributed by atoms with Gasteiger partial charge < -0.3 is 10.8 Å². The summed E-state index contributed by atoms with van der Waals surface area (Å²) < 4.78 is 62.4. The van der Waals surface area contributed by atoms with Crippen LogP contribution in [0.3, 0.4) is 0 Å². The fourth-order valence-corrected chi connectivity index (χ4v) is 1.28. The number of aromatic hydroxyl groups is 1. The second kappa shape index (κ2) is 5.50. The molecule has 0 spiro atoms. The quantitative estimate of drug-likeness (QED) is 0.817. The number of alkyl halides is 4. The number of nitrogens with two attached hydrogens (primary N) is 1. The maximum atomic E-state index is 12.8. The standard InChI is InChI=1S/C9H8F5NO.ClH/c10-3-6(15)7-4(9(12,13)14)1-2-5(11)8(7)16;/h1-2,6,16H,3,15H2;1H/t6-;/m0./s1. The average Bonchev–Trinajstić information content (AvgIpc) is 2.19. The molecule has 0 radical (unpaired) electrons. The first-order chi connectivity index (χ1) is 7.29. The molecule has 1 aromatic rings. The lowest BCUT2D eigenvalue weighted by Gasteiger charge is -2.17. The second-order valence-corrected chi connectivity index (χ2v) is 3.12. The fourth-order valence-electron chi connectivity index (χ4n) is 1.28. The summed E-state index contributed by atoms with van der Waals surface area (Å²) in [4.78, 5) is 0. The number of halogens is 6. The summed E-state index contributed by atoms with van der Waals surface area (Å²) in [5.41, 5.74) is 2.76. The number of benzene rings is 1. The van der Waals surface area contributed by atoms with E-state index >= 15 is 0 Å². The van der Waals surface area contributed by atoms with Crippen molar-refractivity contribution in [3.63, 3.8) is 0 Å². The van der Waals surface area contributed by atoms with E-state index in [0.29, 0.717) is 12.1 Å². The molecule has 0 heterocycles. The van der Waals surface area contributed by atoms with Crippen LogP contribution in [0.2, 0.25) is 0 Å². The molecule has 3 N–H and O–H groups in total. The summed E-state index contributed by atoms with van der Waals surface area (Å²) >= 11 is 0. The van der Waals surface area contributed by atoms with Gasteiger partial charge in [0.2, 0.25) is 0 Å². The zero-order valence-corrected chi connectivity index (χ0v) is 9.08. The van der Waals surface area contributed by atoms with Crippen molar-refractivity contribution in [3.8, 4) is 5.75 Å². The Morgan fingerprint density at radius 1 is 1.29 bits per heavy atom. The molecule has 0 saturated heterocycles. The molecule has 0 aliphatic rings. The first-order valence-corrected chi connectivity index (χ1v) is 4.19. The minimum absolute atomic E-state index is 0. The van der Waals surface area contributed by atoms with E-state index < -0.39 is 41.6 Å². The first-order valence-electron chi connectivity index (χ1n) is 4.19. The Hall–Kier alpha value is -1.08. The van der Waals surface area contributed by atoms with E-state index in [9.17, 15) is 22.0 Å². The highest BCUT2D eigenvalue weighted by molar-refractivity contribution is 5.85. The van der Waals surface area contributed by atoms with Crippen LogP contribution in [0.4, 0.5) is 22.0 Å². The van der Waals surface area contributed by atoms with Crippen LogP contribution >= 0.6 is 12.4 Å². The summed E-state index contributed by atoms with van der Waals surface area (Å²) in [7, 11) is 0. The largest absolute Gasteiger partial charge is 0.505 e. The molecule has 0 saturated carbocycles. The van der Waals surface area contributed by atoms with E-state index in [1.54, 1.807) is 0 Å². The normalized spacial score (nSPS) is 13.1. The van der Waals surface area contributed by atoms with Gasteiger partial charge in [0.1, 0.15) is 6.67 Å². The molecule has 17 heavy (non-hydrogen) atoms. The van der Waals surface area contributed by atoms with Gasteiger partial charge in [0, 0.05) is 5.56 Å². The maximum absolute atomic E-state index is 12.8. The molecule has 0 aromatic heterocycles. The Labute approximate surface area is 99.6 Å². The lowest BCUT2D eigenvalue weighted by molar-refractivity contribution is -0.138. The van der Waals surface area contributed by atoms with Gasteiger partial charge in [-0.05, 0) is 12.1 Å². The lowest BCUT2D eigenvalue weighted by atomic mass is 9.99. The van der Waals surface area contributed by atoms with Gasteiger partial charge >= 0.3 is 6.18 Å². The molecular formula is C9H9ClF5NO. The molecule has 1 aromatic carbocycles. The molecule has 1 atom stereocenters. The van der Waals surface area contributed by atoms with Crippen LogP contribution in [-0.2, 0) is 6.18 Å². The molecule has 0 bridgehead atoms. The second-order valence-electron chi connectivity index (χ2n) is 3.12. The Bertz CT molecular complexity index is 396. The van der Waals surface area contributed by atoms with Gasteiger partial charge in [0.15, 0.2) is 11.6 Å². The van der Waals surface area contributed by atoms with Crippen molar-refractivity contribution in [2.45, 2.75) is 12.2 Å². The summed E-state index contributed by atoms with van der Waals surface area (Å²) in [6.07, 6.45) is -4.83. The van der Waals surface area contributed by atoms with Crippen LogP contribution in [0.1, 0.15) is 17.2 Å². The predicted molar refractivity (Wildman–Crippen MR) is 53.2 cm³/mol. The van der Waals surface area contributed by atoms with Crippen LogP contribution in [0.5, 0.6) is 5.75 Å². The van der Waals surface area contributed by atoms with Gasteiger partial charge in [0.05, 0.1) is 11.6 Å². The highest BCUT2D eigenvalue weighted by Crippen LogP contribution is 2.39. The number of phenolic OH excluding ortho intramolecular Hbond substituents is 1. The topological polar surface area (TPSA) is 46.2 Å². The molecule has 1 rings (SSSR count). The summed E-state index contributed by atoms with van der Waals surface area (Å²) in [5, 5.41) is 9.12. The molecular weight excluding hydrogens is 269 g/mol. The van der Waals surface area contributed by atoms with E-state index in [1.165, 1.54) is 0 Å². The van der Waals surface area contributed by atoms with E-state index in [1.807, 2.05) is 0 Å². The van der Waals surface area contributed by atoms with E-state index in [0.717, 1.165) is 0 Å². The van der Waals surface area contributed by atoms with Crippen molar-refractivity contribution in [2.24, 2.45) is 5.73 Å². The minimum Gasteiger partial charge on any atom is -0.505 e. The third-order valence-corrected chi connectivity index (χ3v) is 2.01. The maximum Gasteiger partial charge on any atom is 0.416 e. The molecule has 0 unspecified atom stereocenters. The van der Waals surface area contributed by atoms with Crippen LogP contribution in [0, 0.1) is 5.82 Å². The Morgan fingerprint density at radius 3 is 2.24 bits per heavy atom. The molecule has 0 aliphatic heterocycles. The van der Waals surface area contributed by atoms with Crippen LogP contribution in [-0.4, -0.2) is 11.8 Å². The van der Waals surface area contributed by atoms with Crippen LogP contribution in [0.15, 0.2) is 12.1 Å². The molecule has 98 valence electrons. The Balaban J connectivity index is 0.00000256. The lowest BCUT2D eigenvalue weighted by Crippen LogP contribution is -2.19. The van der Waals surface area contributed by atoms with Crippen molar-refractivity contribution >= 4 is 12.4 Å².